The van der Waals surface area contributed by atoms with Crippen molar-refractivity contribution in [3.63, 3.8) is 0 Å². The molecule has 0 radical (unpaired) electrons. The Morgan fingerprint density at radius 2 is 2.00 bits per heavy atom. The summed E-state index contributed by atoms with van der Waals surface area (Å²) in [7, 11) is 4.02. The largest absolute Gasteiger partial charge is 0.489 e. The van der Waals surface area contributed by atoms with Gasteiger partial charge in [-0.1, -0.05) is 0 Å². The summed E-state index contributed by atoms with van der Waals surface area (Å²) in [6.45, 7) is 2.63. The lowest BCUT2D eigenvalue weighted by molar-refractivity contribution is -0.137. The van der Waals surface area contributed by atoms with E-state index in [2.05, 4.69) is 15.0 Å². The number of aromatic nitrogens is 3. The quantitative estimate of drug-likeness (QED) is 0.702. The molecule has 2 heterocycles. The van der Waals surface area contributed by atoms with E-state index in [4.69, 9.17) is 9.84 Å². The molecule has 1 atom stereocenters. The lowest BCUT2D eigenvalue weighted by atomic mass is 10.1. The second kappa shape index (κ2) is 7.53. The third kappa shape index (κ3) is 4.00. The number of benzene rings is 1. The molecule has 26 heavy (non-hydrogen) atoms. The highest BCUT2D eigenvalue weighted by atomic mass is 16.5. The Morgan fingerprint density at radius 3 is 2.65 bits per heavy atom. The molecule has 0 saturated carbocycles. The molecule has 0 amide bonds. The minimum atomic E-state index is -0.953. The number of carboxylic acids is 1. The molecule has 7 nitrogen and oxygen atoms in total. The molecule has 1 aromatic carbocycles. The zero-order valence-corrected chi connectivity index (χ0v) is 15.1. The third-order valence-corrected chi connectivity index (χ3v) is 3.88. The SMILES string of the molecule is CC(CN(C)C)Oc1ccc(-c2nn(CC(=O)O)c3ncccc23)cc1. The summed E-state index contributed by atoms with van der Waals surface area (Å²) in [5.41, 5.74) is 2.16. The first kappa shape index (κ1) is 17.9. The Kier molecular flexibility index (Phi) is 5.18. The van der Waals surface area contributed by atoms with Gasteiger partial charge in [0.25, 0.3) is 0 Å². The summed E-state index contributed by atoms with van der Waals surface area (Å²) in [6, 6.07) is 11.4. The molecule has 7 heteroatoms. The lowest BCUT2D eigenvalue weighted by Crippen LogP contribution is -2.27. The first-order chi connectivity index (χ1) is 12.4. The summed E-state index contributed by atoms with van der Waals surface area (Å²) in [6.07, 6.45) is 1.71. The summed E-state index contributed by atoms with van der Waals surface area (Å²) in [5.74, 6) is -0.166. The first-order valence-corrected chi connectivity index (χ1v) is 8.39. The van der Waals surface area contributed by atoms with Crippen LogP contribution < -0.4 is 4.74 Å². The number of aliphatic carboxylic acids is 1. The topological polar surface area (TPSA) is 80.5 Å². The lowest BCUT2D eigenvalue weighted by Gasteiger charge is -2.18. The van der Waals surface area contributed by atoms with E-state index in [0.29, 0.717) is 11.3 Å². The number of carbonyl (C=O) groups is 1. The van der Waals surface area contributed by atoms with Crippen molar-refractivity contribution in [2.45, 2.75) is 19.6 Å². The number of fused-ring (bicyclic) bond motifs is 1. The number of hydrogen-bond donors (Lipinski definition) is 1. The molecule has 3 aromatic rings. The van der Waals surface area contributed by atoms with E-state index in [1.165, 1.54) is 4.68 Å². The summed E-state index contributed by atoms with van der Waals surface area (Å²) < 4.78 is 7.32. The van der Waals surface area contributed by atoms with Crippen LogP contribution in [-0.2, 0) is 11.3 Å². The van der Waals surface area contributed by atoms with Crippen LogP contribution in [0.5, 0.6) is 5.75 Å². The van der Waals surface area contributed by atoms with Crippen LogP contribution in [0.15, 0.2) is 42.6 Å². The summed E-state index contributed by atoms with van der Waals surface area (Å²) in [4.78, 5) is 17.4. The van der Waals surface area contributed by atoms with E-state index >= 15 is 0 Å². The van der Waals surface area contributed by atoms with Crippen molar-refractivity contribution in [1.29, 1.82) is 0 Å². The molecule has 0 aliphatic rings. The maximum atomic E-state index is 11.1. The Hall–Kier alpha value is -2.93. The van der Waals surface area contributed by atoms with Gasteiger partial charge in [0.05, 0.1) is 0 Å². The van der Waals surface area contributed by atoms with Gasteiger partial charge in [0.2, 0.25) is 0 Å². The van der Waals surface area contributed by atoms with Gasteiger partial charge in [0, 0.05) is 23.7 Å². The Morgan fingerprint density at radius 1 is 1.27 bits per heavy atom. The number of nitrogens with zero attached hydrogens (tertiary/aromatic N) is 4. The molecule has 1 unspecified atom stereocenters. The van der Waals surface area contributed by atoms with Gasteiger partial charge in [0.15, 0.2) is 5.65 Å². The Balaban J connectivity index is 1.88. The molecule has 3 rings (SSSR count). The Labute approximate surface area is 151 Å². The van der Waals surface area contributed by atoms with E-state index in [1.807, 2.05) is 57.4 Å². The highest BCUT2D eigenvalue weighted by molar-refractivity contribution is 5.91. The fourth-order valence-corrected chi connectivity index (χ4v) is 2.94. The molecule has 0 bridgehead atoms. The smallest absolute Gasteiger partial charge is 0.325 e. The number of carboxylic acid groups (broad SMARTS) is 1. The number of pyridine rings is 1. The minimum absolute atomic E-state index is 0.0793. The molecule has 0 spiro atoms. The van der Waals surface area contributed by atoms with Gasteiger partial charge in [-0.25, -0.2) is 9.67 Å². The second-order valence-electron chi connectivity index (χ2n) is 6.49. The maximum Gasteiger partial charge on any atom is 0.325 e. The van der Waals surface area contributed by atoms with E-state index in [1.54, 1.807) is 6.20 Å². The maximum absolute atomic E-state index is 11.1. The van der Waals surface area contributed by atoms with Crippen LogP contribution in [0, 0.1) is 0 Å². The fourth-order valence-electron chi connectivity index (χ4n) is 2.94. The van der Waals surface area contributed by atoms with Crippen molar-refractivity contribution >= 4 is 17.0 Å². The molecular formula is C19H22N4O3. The van der Waals surface area contributed by atoms with Crippen molar-refractivity contribution < 1.29 is 14.6 Å². The molecule has 136 valence electrons. The van der Waals surface area contributed by atoms with Crippen molar-refractivity contribution in [3.05, 3.63) is 42.6 Å². The standard InChI is InChI=1S/C19H22N4O3/c1-13(11-22(2)3)26-15-8-6-14(7-9-15)18-16-5-4-10-20-19(16)23(21-18)12-17(24)25/h4-10,13H,11-12H2,1-3H3,(H,24,25). The first-order valence-electron chi connectivity index (χ1n) is 8.39. The van der Waals surface area contributed by atoms with Crippen LogP contribution in [0.4, 0.5) is 0 Å². The highest BCUT2D eigenvalue weighted by Gasteiger charge is 2.15. The second-order valence-corrected chi connectivity index (χ2v) is 6.49. The van der Waals surface area contributed by atoms with E-state index in [9.17, 15) is 4.79 Å². The number of hydrogen-bond acceptors (Lipinski definition) is 5. The van der Waals surface area contributed by atoms with Gasteiger partial charge < -0.3 is 14.7 Å². The summed E-state index contributed by atoms with van der Waals surface area (Å²) in [5, 5.41) is 14.4. The van der Waals surface area contributed by atoms with Crippen molar-refractivity contribution in [1.82, 2.24) is 19.7 Å². The Bertz CT molecular complexity index is 903. The average molecular weight is 354 g/mol. The zero-order chi connectivity index (χ0) is 18.7. The molecule has 0 saturated heterocycles. The van der Waals surface area contributed by atoms with Crippen LogP contribution in [0.3, 0.4) is 0 Å². The van der Waals surface area contributed by atoms with Gasteiger partial charge in [-0.3, -0.25) is 4.79 Å². The van der Waals surface area contributed by atoms with Crippen LogP contribution in [-0.4, -0.2) is 57.5 Å². The predicted octanol–water partition coefficient (Wildman–Crippen LogP) is 2.51. The van der Waals surface area contributed by atoms with Gasteiger partial charge in [-0.15, -0.1) is 0 Å². The van der Waals surface area contributed by atoms with Crippen LogP contribution in [0.1, 0.15) is 6.92 Å². The monoisotopic (exact) mass is 354 g/mol. The van der Waals surface area contributed by atoms with E-state index < -0.39 is 5.97 Å². The van der Waals surface area contributed by atoms with Crippen molar-refractivity contribution in [2.75, 3.05) is 20.6 Å². The van der Waals surface area contributed by atoms with E-state index in [-0.39, 0.29) is 12.6 Å². The zero-order valence-electron chi connectivity index (χ0n) is 15.1. The fraction of sp³-hybridized carbons (Fsp3) is 0.316. The van der Waals surface area contributed by atoms with Crippen molar-refractivity contribution in [2.24, 2.45) is 0 Å². The van der Waals surface area contributed by atoms with Gasteiger partial charge >= 0.3 is 5.97 Å². The summed E-state index contributed by atoms with van der Waals surface area (Å²) >= 11 is 0. The van der Waals surface area contributed by atoms with Gasteiger partial charge in [0.1, 0.15) is 24.1 Å². The molecule has 0 aliphatic carbocycles. The van der Waals surface area contributed by atoms with Crippen LogP contribution in [0.2, 0.25) is 0 Å². The van der Waals surface area contributed by atoms with Gasteiger partial charge in [-0.05, 0) is 57.4 Å². The molecule has 1 N–H and O–H groups in total. The average Bonchev–Trinajstić information content (AvgIpc) is 2.93. The predicted molar refractivity (Wildman–Crippen MR) is 99.2 cm³/mol. The van der Waals surface area contributed by atoms with Gasteiger partial charge in [-0.2, -0.15) is 5.10 Å². The number of likely N-dealkylation sites (N-methyl/N-ethyl adjacent to an activating group) is 1. The van der Waals surface area contributed by atoms with E-state index in [0.717, 1.165) is 23.2 Å². The number of rotatable bonds is 7. The molecule has 2 aromatic heterocycles. The van der Waals surface area contributed by atoms with Crippen molar-refractivity contribution in [3.8, 4) is 17.0 Å². The van der Waals surface area contributed by atoms with Crippen LogP contribution >= 0.6 is 0 Å². The molecule has 0 fully saturated rings. The normalized spacial score (nSPS) is 12.5. The molecular weight excluding hydrogens is 332 g/mol. The minimum Gasteiger partial charge on any atom is -0.489 e. The third-order valence-electron chi connectivity index (χ3n) is 3.88. The molecule has 0 aliphatic heterocycles. The van der Waals surface area contributed by atoms with Crippen LogP contribution in [0.25, 0.3) is 22.3 Å². The number of ether oxygens (including phenoxy) is 1. The highest BCUT2D eigenvalue weighted by Crippen LogP contribution is 2.28.